The van der Waals surface area contributed by atoms with Gasteiger partial charge in [-0.3, -0.25) is 0 Å². The lowest BCUT2D eigenvalue weighted by Crippen LogP contribution is -2.18. The van der Waals surface area contributed by atoms with Gasteiger partial charge in [0.1, 0.15) is 12.4 Å². The summed E-state index contributed by atoms with van der Waals surface area (Å²) in [5, 5.41) is 0.167. The first-order valence-electron chi connectivity index (χ1n) is 6.47. The van der Waals surface area contributed by atoms with E-state index in [1.54, 1.807) is 0 Å². The van der Waals surface area contributed by atoms with Crippen LogP contribution in [0.3, 0.4) is 0 Å². The van der Waals surface area contributed by atoms with Crippen molar-refractivity contribution in [2.75, 3.05) is 13.2 Å². The van der Waals surface area contributed by atoms with Gasteiger partial charge in [-0.2, -0.15) is 0 Å². The molecule has 3 nitrogen and oxygen atoms in total. The van der Waals surface area contributed by atoms with Crippen molar-refractivity contribution in [1.29, 1.82) is 0 Å². The van der Waals surface area contributed by atoms with Crippen LogP contribution in [-0.2, 0) is 0 Å². The van der Waals surface area contributed by atoms with Crippen LogP contribution < -0.4 is 15.2 Å². The monoisotopic (exact) mass is 385 g/mol. The second kappa shape index (κ2) is 8.41. The molecule has 0 atom stereocenters. The summed E-state index contributed by atoms with van der Waals surface area (Å²) < 4.78 is 59.7. The van der Waals surface area contributed by atoms with Gasteiger partial charge in [0.25, 0.3) is 0 Å². The summed E-state index contributed by atoms with van der Waals surface area (Å²) >= 11 is 5.78. The highest BCUT2D eigenvalue weighted by molar-refractivity contribution is 6.30. The Morgan fingerprint density at radius 2 is 1.71 bits per heavy atom. The van der Waals surface area contributed by atoms with Gasteiger partial charge in [-0.1, -0.05) is 17.7 Å². The number of halogens is 6. The predicted octanol–water partition coefficient (Wildman–Crippen LogP) is 4.80. The molecule has 132 valence electrons. The number of hydrogen-bond acceptors (Lipinski definition) is 3. The molecule has 2 N–H and O–H groups in total. The Hall–Kier alpha value is -1.70. The van der Waals surface area contributed by atoms with Gasteiger partial charge in [-0.25, -0.2) is 4.39 Å². The lowest BCUT2D eigenvalue weighted by molar-refractivity contribution is -0.275. The van der Waals surface area contributed by atoms with Gasteiger partial charge in [0.05, 0.1) is 0 Å². The van der Waals surface area contributed by atoms with Crippen molar-refractivity contribution in [1.82, 2.24) is 0 Å². The van der Waals surface area contributed by atoms with Crippen LogP contribution in [-0.4, -0.2) is 19.5 Å². The summed E-state index contributed by atoms with van der Waals surface area (Å²) in [5.41, 5.74) is 6.11. The molecule has 0 aliphatic heterocycles. The minimum atomic E-state index is -4.86. The highest BCUT2D eigenvalue weighted by Crippen LogP contribution is 2.36. The van der Waals surface area contributed by atoms with Gasteiger partial charge >= 0.3 is 6.36 Å². The van der Waals surface area contributed by atoms with E-state index in [2.05, 4.69) is 4.74 Å². The highest BCUT2D eigenvalue weighted by atomic mass is 35.5. The van der Waals surface area contributed by atoms with Crippen LogP contribution in [0.15, 0.2) is 36.4 Å². The SMILES string of the molecule is Cl.NCCOc1cc(-c2cc(F)cc(Cl)c2)ccc1OC(F)(F)F. The molecule has 0 spiro atoms. The van der Waals surface area contributed by atoms with E-state index in [9.17, 15) is 17.6 Å². The van der Waals surface area contributed by atoms with Crippen LogP contribution >= 0.6 is 24.0 Å². The molecule has 0 amide bonds. The number of ether oxygens (including phenoxy) is 2. The second-order valence-corrected chi connectivity index (χ2v) is 4.94. The van der Waals surface area contributed by atoms with Crippen LogP contribution in [0.4, 0.5) is 17.6 Å². The third kappa shape index (κ3) is 5.74. The predicted molar refractivity (Wildman–Crippen MR) is 85.3 cm³/mol. The Labute approximate surface area is 146 Å². The fraction of sp³-hybridized carbons (Fsp3) is 0.200. The lowest BCUT2D eigenvalue weighted by atomic mass is 10.0. The zero-order chi connectivity index (χ0) is 17.0. The maximum absolute atomic E-state index is 13.4. The lowest BCUT2D eigenvalue weighted by Gasteiger charge is -2.15. The van der Waals surface area contributed by atoms with Crippen LogP contribution in [0.5, 0.6) is 11.5 Å². The Balaban J connectivity index is 0.00000288. The molecule has 2 aromatic rings. The van der Waals surface area contributed by atoms with Gasteiger partial charge in [-0.15, -0.1) is 25.6 Å². The second-order valence-electron chi connectivity index (χ2n) is 4.50. The van der Waals surface area contributed by atoms with E-state index in [1.165, 1.54) is 24.3 Å². The molecule has 2 aromatic carbocycles. The van der Waals surface area contributed by atoms with Gasteiger partial charge in [0.2, 0.25) is 0 Å². The normalized spacial score (nSPS) is 10.9. The molecule has 0 saturated carbocycles. The molecule has 0 fully saturated rings. The summed E-state index contributed by atoms with van der Waals surface area (Å²) in [7, 11) is 0. The van der Waals surface area contributed by atoms with Gasteiger partial charge in [-0.05, 0) is 41.5 Å². The van der Waals surface area contributed by atoms with E-state index < -0.39 is 17.9 Å². The first-order valence-corrected chi connectivity index (χ1v) is 6.85. The molecular weight excluding hydrogens is 373 g/mol. The molecule has 0 aromatic heterocycles. The van der Waals surface area contributed by atoms with Crippen molar-refractivity contribution in [3.05, 3.63) is 47.2 Å². The Bertz CT molecular complexity index is 675. The zero-order valence-electron chi connectivity index (χ0n) is 12.1. The third-order valence-corrected chi connectivity index (χ3v) is 2.96. The largest absolute Gasteiger partial charge is 0.573 e. The van der Waals surface area contributed by atoms with Crippen molar-refractivity contribution in [2.24, 2.45) is 5.73 Å². The molecule has 0 aliphatic rings. The average Bonchev–Trinajstić information content (AvgIpc) is 2.43. The summed E-state index contributed by atoms with van der Waals surface area (Å²) in [6, 6.07) is 7.56. The van der Waals surface area contributed by atoms with Gasteiger partial charge < -0.3 is 15.2 Å². The molecule has 0 unspecified atom stereocenters. The molecule has 0 heterocycles. The van der Waals surface area contributed by atoms with Crippen molar-refractivity contribution in [3.63, 3.8) is 0 Å². The standard InChI is InChI=1S/C15H12ClF4NO2.ClH/c16-11-5-10(6-12(17)8-11)9-1-2-13(23-15(18,19)20)14(7-9)22-4-3-21;/h1-2,5-8H,3-4,21H2;1H. The van der Waals surface area contributed by atoms with Crippen molar-refractivity contribution >= 4 is 24.0 Å². The van der Waals surface area contributed by atoms with E-state index >= 15 is 0 Å². The molecule has 0 aliphatic carbocycles. The van der Waals surface area contributed by atoms with E-state index in [0.29, 0.717) is 11.1 Å². The van der Waals surface area contributed by atoms with Crippen molar-refractivity contribution in [2.45, 2.75) is 6.36 Å². The molecule has 2 rings (SSSR count). The fourth-order valence-electron chi connectivity index (χ4n) is 1.90. The number of nitrogens with two attached hydrogens (primary N) is 1. The minimum absolute atomic E-state index is 0. The molecule has 9 heteroatoms. The minimum Gasteiger partial charge on any atom is -0.488 e. The number of alkyl halides is 3. The van der Waals surface area contributed by atoms with Crippen molar-refractivity contribution < 1.29 is 27.0 Å². The Morgan fingerprint density at radius 3 is 2.29 bits per heavy atom. The van der Waals surface area contributed by atoms with Crippen molar-refractivity contribution in [3.8, 4) is 22.6 Å². The first-order chi connectivity index (χ1) is 10.8. The van der Waals surface area contributed by atoms with Gasteiger partial charge in [0.15, 0.2) is 11.5 Å². The van der Waals surface area contributed by atoms with Crippen LogP contribution in [0.25, 0.3) is 11.1 Å². The topological polar surface area (TPSA) is 44.5 Å². The molecule has 0 saturated heterocycles. The molecular formula is C15H13Cl2F4NO2. The van der Waals surface area contributed by atoms with Crippen LogP contribution in [0.2, 0.25) is 5.02 Å². The Kier molecular flexibility index (Phi) is 7.13. The fourth-order valence-corrected chi connectivity index (χ4v) is 2.12. The van der Waals surface area contributed by atoms with E-state index in [1.807, 2.05) is 0 Å². The highest BCUT2D eigenvalue weighted by Gasteiger charge is 2.32. The Morgan fingerprint density at radius 1 is 1.00 bits per heavy atom. The number of rotatable bonds is 5. The average molecular weight is 386 g/mol. The van der Waals surface area contributed by atoms with Crippen LogP contribution in [0.1, 0.15) is 0 Å². The molecule has 24 heavy (non-hydrogen) atoms. The van der Waals surface area contributed by atoms with E-state index in [4.69, 9.17) is 22.1 Å². The number of hydrogen-bond donors (Lipinski definition) is 1. The zero-order valence-corrected chi connectivity index (χ0v) is 13.6. The smallest absolute Gasteiger partial charge is 0.488 e. The molecule has 0 bridgehead atoms. The quantitative estimate of drug-likeness (QED) is 0.751. The maximum atomic E-state index is 13.4. The maximum Gasteiger partial charge on any atom is 0.573 e. The summed E-state index contributed by atoms with van der Waals surface area (Å²) in [6.07, 6.45) is -4.86. The van der Waals surface area contributed by atoms with E-state index in [0.717, 1.165) is 12.1 Å². The number of benzene rings is 2. The van der Waals surface area contributed by atoms with Gasteiger partial charge in [0, 0.05) is 11.6 Å². The van der Waals surface area contributed by atoms with Crippen LogP contribution in [0, 0.1) is 5.82 Å². The van der Waals surface area contributed by atoms with E-state index in [-0.39, 0.29) is 36.3 Å². The summed E-state index contributed by atoms with van der Waals surface area (Å²) in [6.45, 7) is 0.114. The third-order valence-electron chi connectivity index (χ3n) is 2.74. The first kappa shape index (κ1) is 20.3. The summed E-state index contributed by atoms with van der Waals surface area (Å²) in [4.78, 5) is 0. The molecule has 0 radical (unpaired) electrons. The summed E-state index contributed by atoms with van der Waals surface area (Å²) in [5.74, 6) is -1.21.